The average Bonchev–Trinajstić information content (AvgIpc) is 2.33. The molecule has 5 heteroatoms. The Hall–Kier alpha value is -1.10. The van der Waals surface area contributed by atoms with Gasteiger partial charge >= 0.3 is 0 Å². The number of aliphatic hydroxyl groups is 1. The van der Waals surface area contributed by atoms with Crippen molar-refractivity contribution in [3.63, 3.8) is 0 Å². The highest BCUT2D eigenvalue weighted by molar-refractivity contribution is 9.10. The van der Waals surface area contributed by atoms with Crippen LogP contribution >= 0.6 is 27.5 Å². The maximum absolute atomic E-state index is 9.92. The highest BCUT2D eigenvalue weighted by Crippen LogP contribution is 2.38. The summed E-state index contributed by atoms with van der Waals surface area (Å²) in [7, 11) is 0. The molecule has 0 bridgehead atoms. The number of benzene rings is 1. The standard InChI is InChI=1S/C12H9BrClNO2/c13-8-4-9(12(17)10(14)5-8)11-7(6-16)2-1-3-15-11/h1-5,16-17H,6H2. The van der Waals surface area contributed by atoms with E-state index in [4.69, 9.17) is 11.6 Å². The number of aliphatic hydroxyl groups excluding tert-OH is 1. The third-order valence-electron chi connectivity index (χ3n) is 2.34. The summed E-state index contributed by atoms with van der Waals surface area (Å²) in [5.74, 6) is -0.0386. The lowest BCUT2D eigenvalue weighted by Gasteiger charge is -2.09. The minimum Gasteiger partial charge on any atom is -0.506 e. The molecule has 0 aliphatic heterocycles. The molecule has 17 heavy (non-hydrogen) atoms. The summed E-state index contributed by atoms with van der Waals surface area (Å²) in [6.07, 6.45) is 1.60. The monoisotopic (exact) mass is 313 g/mol. The van der Waals surface area contributed by atoms with Gasteiger partial charge in [0.1, 0.15) is 5.75 Å². The number of phenols is 1. The Morgan fingerprint density at radius 1 is 1.35 bits per heavy atom. The molecular weight excluding hydrogens is 305 g/mol. The molecule has 0 unspecified atom stereocenters. The zero-order valence-corrected chi connectivity index (χ0v) is 11.0. The number of rotatable bonds is 2. The van der Waals surface area contributed by atoms with E-state index in [1.165, 1.54) is 0 Å². The van der Waals surface area contributed by atoms with Gasteiger partial charge in [0.2, 0.25) is 0 Å². The Morgan fingerprint density at radius 2 is 2.12 bits per heavy atom. The van der Waals surface area contributed by atoms with Crippen molar-refractivity contribution in [2.45, 2.75) is 6.61 Å². The molecule has 0 saturated heterocycles. The second-order valence-electron chi connectivity index (χ2n) is 3.45. The Balaban J connectivity index is 2.68. The van der Waals surface area contributed by atoms with Gasteiger partial charge in [-0.3, -0.25) is 4.98 Å². The molecule has 88 valence electrons. The minimum absolute atomic E-state index is 0.0386. The Labute approximate surface area is 112 Å². The lowest BCUT2D eigenvalue weighted by Crippen LogP contribution is -1.93. The molecule has 0 atom stereocenters. The average molecular weight is 315 g/mol. The van der Waals surface area contributed by atoms with Crippen LogP contribution in [0.1, 0.15) is 5.56 Å². The molecule has 2 rings (SSSR count). The molecule has 0 amide bonds. The molecule has 0 radical (unpaired) electrons. The van der Waals surface area contributed by atoms with Crippen molar-refractivity contribution >= 4 is 27.5 Å². The van der Waals surface area contributed by atoms with Gasteiger partial charge < -0.3 is 10.2 Å². The Kier molecular flexibility index (Phi) is 3.66. The van der Waals surface area contributed by atoms with E-state index < -0.39 is 0 Å². The van der Waals surface area contributed by atoms with Crippen LogP contribution in [0.25, 0.3) is 11.3 Å². The van der Waals surface area contributed by atoms with E-state index in [2.05, 4.69) is 20.9 Å². The first-order chi connectivity index (χ1) is 8.13. The molecule has 0 aliphatic rings. The fourth-order valence-corrected chi connectivity index (χ4v) is 2.36. The number of hydrogen-bond donors (Lipinski definition) is 2. The fraction of sp³-hybridized carbons (Fsp3) is 0.0833. The lowest BCUT2D eigenvalue weighted by molar-refractivity contribution is 0.282. The smallest absolute Gasteiger partial charge is 0.143 e. The quantitative estimate of drug-likeness (QED) is 0.893. The third-order valence-corrected chi connectivity index (χ3v) is 3.09. The van der Waals surface area contributed by atoms with Gasteiger partial charge in [-0.2, -0.15) is 0 Å². The molecule has 1 aromatic heterocycles. The topological polar surface area (TPSA) is 53.4 Å². The summed E-state index contributed by atoms with van der Waals surface area (Å²) in [5.41, 5.74) is 1.65. The van der Waals surface area contributed by atoms with Gasteiger partial charge in [0.05, 0.1) is 17.3 Å². The van der Waals surface area contributed by atoms with Crippen molar-refractivity contribution in [1.82, 2.24) is 4.98 Å². The maximum Gasteiger partial charge on any atom is 0.143 e. The number of halogens is 2. The summed E-state index contributed by atoms with van der Waals surface area (Å²) >= 11 is 9.20. The van der Waals surface area contributed by atoms with E-state index in [1.54, 1.807) is 30.5 Å². The Morgan fingerprint density at radius 3 is 2.82 bits per heavy atom. The molecule has 2 aromatic rings. The van der Waals surface area contributed by atoms with Gasteiger partial charge in [-0.05, 0) is 18.2 Å². The molecule has 2 N–H and O–H groups in total. The highest BCUT2D eigenvalue weighted by atomic mass is 79.9. The fourth-order valence-electron chi connectivity index (χ4n) is 1.56. The molecule has 0 saturated carbocycles. The normalized spacial score (nSPS) is 10.5. The van der Waals surface area contributed by atoms with Gasteiger partial charge in [0.25, 0.3) is 0 Å². The number of phenolic OH excluding ortho intramolecular Hbond substituents is 1. The summed E-state index contributed by atoms with van der Waals surface area (Å²) in [6.45, 7) is -0.146. The molecule has 0 spiro atoms. The van der Waals surface area contributed by atoms with Crippen LogP contribution in [0.2, 0.25) is 5.02 Å². The van der Waals surface area contributed by atoms with Crippen molar-refractivity contribution in [3.8, 4) is 17.0 Å². The first-order valence-corrected chi connectivity index (χ1v) is 6.03. The second kappa shape index (κ2) is 5.04. The van der Waals surface area contributed by atoms with Gasteiger partial charge in [0.15, 0.2) is 0 Å². The molecule has 1 aromatic carbocycles. The van der Waals surface area contributed by atoms with Crippen LogP contribution in [0.15, 0.2) is 34.9 Å². The maximum atomic E-state index is 9.92. The van der Waals surface area contributed by atoms with E-state index in [0.29, 0.717) is 16.8 Å². The summed E-state index contributed by atoms with van der Waals surface area (Å²) < 4.78 is 0.741. The number of pyridine rings is 1. The van der Waals surface area contributed by atoms with E-state index >= 15 is 0 Å². The molecule has 0 aliphatic carbocycles. The largest absolute Gasteiger partial charge is 0.506 e. The third kappa shape index (κ3) is 2.44. The van der Waals surface area contributed by atoms with Crippen molar-refractivity contribution in [2.24, 2.45) is 0 Å². The van der Waals surface area contributed by atoms with Gasteiger partial charge in [-0.1, -0.05) is 33.6 Å². The summed E-state index contributed by atoms with van der Waals surface area (Å²) in [6, 6.07) is 6.78. The van der Waals surface area contributed by atoms with Crippen LogP contribution in [0.3, 0.4) is 0 Å². The van der Waals surface area contributed by atoms with Crippen LogP contribution in [-0.4, -0.2) is 15.2 Å². The van der Waals surface area contributed by atoms with E-state index in [-0.39, 0.29) is 17.4 Å². The number of aromatic hydroxyl groups is 1. The second-order valence-corrected chi connectivity index (χ2v) is 4.78. The first kappa shape index (κ1) is 12.4. The molecular formula is C12H9BrClNO2. The van der Waals surface area contributed by atoms with Crippen molar-refractivity contribution in [2.75, 3.05) is 0 Å². The number of hydrogen-bond acceptors (Lipinski definition) is 3. The van der Waals surface area contributed by atoms with Crippen LogP contribution in [0.5, 0.6) is 5.75 Å². The summed E-state index contributed by atoms with van der Waals surface area (Å²) in [4.78, 5) is 4.16. The van der Waals surface area contributed by atoms with Gasteiger partial charge in [-0.15, -0.1) is 0 Å². The van der Waals surface area contributed by atoms with Crippen molar-refractivity contribution < 1.29 is 10.2 Å². The lowest BCUT2D eigenvalue weighted by atomic mass is 10.1. The van der Waals surface area contributed by atoms with Crippen LogP contribution in [-0.2, 0) is 6.61 Å². The van der Waals surface area contributed by atoms with E-state index in [1.807, 2.05) is 0 Å². The van der Waals surface area contributed by atoms with Gasteiger partial charge in [0, 0.05) is 21.8 Å². The van der Waals surface area contributed by atoms with Crippen molar-refractivity contribution in [3.05, 3.63) is 45.5 Å². The predicted molar refractivity (Wildman–Crippen MR) is 70.0 cm³/mol. The first-order valence-electron chi connectivity index (χ1n) is 4.86. The molecule has 3 nitrogen and oxygen atoms in total. The zero-order chi connectivity index (χ0) is 12.4. The Bertz CT molecular complexity index is 560. The number of aromatic nitrogens is 1. The van der Waals surface area contributed by atoms with Crippen LogP contribution < -0.4 is 0 Å². The van der Waals surface area contributed by atoms with E-state index in [0.717, 1.165) is 4.47 Å². The predicted octanol–water partition coefficient (Wildman–Crippen LogP) is 3.36. The van der Waals surface area contributed by atoms with Gasteiger partial charge in [-0.25, -0.2) is 0 Å². The molecule has 1 heterocycles. The minimum atomic E-state index is -0.146. The zero-order valence-electron chi connectivity index (χ0n) is 8.69. The van der Waals surface area contributed by atoms with Crippen molar-refractivity contribution in [1.29, 1.82) is 0 Å². The van der Waals surface area contributed by atoms with Crippen LogP contribution in [0, 0.1) is 0 Å². The van der Waals surface area contributed by atoms with Crippen LogP contribution in [0.4, 0.5) is 0 Å². The number of nitrogens with zero attached hydrogens (tertiary/aromatic N) is 1. The summed E-state index contributed by atoms with van der Waals surface area (Å²) in [5, 5.41) is 19.4. The molecule has 0 fully saturated rings. The van der Waals surface area contributed by atoms with E-state index in [9.17, 15) is 10.2 Å². The highest BCUT2D eigenvalue weighted by Gasteiger charge is 2.13. The SMILES string of the molecule is OCc1cccnc1-c1cc(Br)cc(Cl)c1O.